The lowest BCUT2D eigenvalue weighted by atomic mass is 9.88. The molecular formula is C22H30N4O3. The van der Waals surface area contributed by atoms with E-state index in [-0.39, 0.29) is 24.2 Å². The molecular weight excluding hydrogens is 368 g/mol. The molecule has 1 atom stereocenters. The summed E-state index contributed by atoms with van der Waals surface area (Å²) in [5.74, 6) is 0.876. The Hall–Kier alpha value is -2.22. The normalized spacial score (nSPS) is 21.5. The van der Waals surface area contributed by atoms with Crippen molar-refractivity contribution in [1.29, 1.82) is 0 Å². The van der Waals surface area contributed by atoms with Gasteiger partial charge in [-0.3, -0.25) is 9.69 Å². The van der Waals surface area contributed by atoms with Crippen LogP contribution < -0.4 is 5.32 Å². The van der Waals surface area contributed by atoms with Gasteiger partial charge in [-0.15, -0.1) is 0 Å². The number of hydrogen-bond acceptors (Lipinski definition) is 5. The maximum Gasteiger partial charge on any atom is 0.246 e. The second-order valence-electron chi connectivity index (χ2n) is 8.03. The molecule has 2 fully saturated rings. The molecule has 1 amide bonds. The van der Waals surface area contributed by atoms with Crippen LogP contribution in [0.1, 0.15) is 31.4 Å². The fourth-order valence-corrected chi connectivity index (χ4v) is 4.43. The van der Waals surface area contributed by atoms with Gasteiger partial charge in [0.05, 0.1) is 11.7 Å². The average Bonchev–Trinajstić information content (AvgIpc) is 3.37. The van der Waals surface area contributed by atoms with Gasteiger partial charge in [0, 0.05) is 51.4 Å². The Morgan fingerprint density at radius 1 is 1.28 bits per heavy atom. The first-order chi connectivity index (χ1) is 14.2. The molecule has 0 radical (unpaired) electrons. The van der Waals surface area contributed by atoms with E-state index in [0.29, 0.717) is 6.54 Å². The molecule has 0 saturated carbocycles. The first kappa shape index (κ1) is 20.1. The van der Waals surface area contributed by atoms with Gasteiger partial charge in [-0.05, 0) is 49.9 Å². The van der Waals surface area contributed by atoms with Crippen molar-refractivity contribution in [3.8, 4) is 5.82 Å². The second-order valence-corrected chi connectivity index (χ2v) is 8.03. The minimum Gasteiger partial charge on any atom is -0.375 e. The Morgan fingerprint density at radius 2 is 2.14 bits per heavy atom. The van der Waals surface area contributed by atoms with Crippen LogP contribution in [-0.2, 0) is 20.8 Å². The van der Waals surface area contributed by atoms with E-state index in [9.17, 15) is 4.79 Å². The smallest absolute Gasteiger partial charge is 0.246 e. The van der Waals surface area contributed by atoms with Crippen LogP contribution in [0.15, 0.2) is 42.7 Å². The quantitative estimate of drug-likeness (QED) is 0.774. The Morgan fingerprint density at radius 3 is 2.90 bits per heavy atom. The molecule has 7 heteroatoms. The third-order valence-electron chi connectivity index (χ3n) is 6.02. The van der Waals surface area contributed by atoms with Gasteiger partial charge in [0.25, 0.3) is 0 Å². The minimum absolute atomic E-state index is 0.0177. The summed E-state index contributed by atoms with van der Waals surface area (Å²) in [7, 11) is 1.53. The van der Waals surface area contributed by atoms with Crippen LogP contribution in [0, 0.1) is 0 Å². The van der Waals surface area contributed by atoms with Crippen molar-refractivity contribution in [3.63, 3.8) is 0 Å². The lowest BCUT2D eigenvalue weighted by molar-refractivity contribution is -0.126. The van der Waals surface area contributed by atoms with Crippen molar-refractivity contribution in [1.82, 2.24) is 19.8 Å². The number of hydrogen-bond donors (Lipinski definition) is 1. The van der Waals surface area contributed by atoms with Gasteiger partial charge in [-0.25, -0.2) is 4.98 Å². The number of ether oxygens (including phenoxy) is 2. The van der Waals surface area contributed by atoms with Crippen LogP contribution in [-0.4, -0.2) is 65.4 Å². The Kier molecular flexibility index (Phi) is 6.28. The number of nitrogens with one attached hydrogen (secondary N) is 1. The largest absolute Gasteiger partial charge is 0.375 e. The molecule has 1 unspecified atom stereocenters. The third kappa shape index (κ3) is 4.86. The molecule has 7 nitrogen and oxygen atoms in total. The number of carbonyl (C=O) groups excluding carboxylic acids is 1. The molecule has 2 aliphatic rings. The summed E-state index contributed by atoms with van der Waals surface area (Å²) in [6.07, 6.45) is 8.19. The first-order valence-electron chi connectivity index (χ1n) is 10.4. The lowest BCUT2D eigenvalue weighted by Crippen LogP contribution is -2.45. The molecule has 2 aliphatic heterocycles. The second kappa shape index (κ2) is 9.07. The number of likely N-dealkylation sites (tertiary alicyclic amines) is 1. The van der Waals surface area contributed by atoms with E-state index in [4.69, 9.17) is 9.47 Å². The molecule has 29 heavy (non-hydrogen) atoms. The van der Waals surface area contributed by atoms with Crippen LogP contribution in [0.3, 0.4) is 0 Å². The number of rotatable bonds is 7. The Bertz CT molecular complexity index is 799. The molecule has 1 N–H and O–H groups in total. The number of methoxy groups -OCH3 is 1. The van der Waals surface area contributed by atoms with Crippen LogP contribution in [0.2, 0.25) is 0 Å². The summed E-state index contributed by atoms with van der Waals surface area (Å²) >= 11 is 0. The van der Waals surface area contributed by atoms with Crippen LogP contribution >= 0.6 is 0 Å². The number of aromatic nitrogens is 2. The Labute approximate surface area is 172 Å². The van der Waals surface area contributed by atoms with Gasteiger partial charge >= 0.3 is 0 Å². The van der Waals surface area contributed by atoms with Gasteiger partial charge in [-0.2, -0.15) is 0 Å². The molecule has 2 aromatic rings. The Balaban J connectivity index is 1.28. The zero-order valence-electron chi connectivity index (χ0n) is 17.0. The van der Waals surface area contributed by atoms with Gasteiger partial charge < -0.3 is 19.4 Å². The van der Waals surface area contributed by atoms with Crippen molar-refractivity contribution in [3.05, 3.63) is 48.4 Å². The molecule has 0 aromatic carbocycles. The highest BCUT2D eigenvalue weighted by Gasteiger charge is 2.42. The summed E-state index contributed by atoms with van der Waals surface area (Å²) in [5, 5.41) is 2.90. The number of carbonyl (C=O) groups is 1. The van der Waals surface area contributed by atoms with Crippen molar-refractivity contribution in [2.75, 3.05) is 33.4 Å². The van der Waals surface area contributed by atoms with Crippen molar-refractivity contribution in [2.24, 2.45) is 0 Å². The molecule has 0 aliphatic carbocycles. The SMILES string of the molecule is COCC(=O)NCC1CCC2(CCN(Cc3cccn3-c3ccccn3)CC2)O1. The highest BCUT2D eigenvalue weighted by atomic mass is 16.5. The highest BCUT2D eigenvalue weighted by Crippen LogP contribution is 2.39. The predicted molar refractivity (Wildman–Crippen MR) is 110 cm³/mol. The van der Waals surface area contributed by atoms with Crippen molar-refractivity contribution >= 4 is 5.91 Å². The van der Waals surface area contributed by atoms with Crippen molar-refractivity contribution < 1.29 is 14.3 Å². The van der Waals surface area contributed by atoms with Crippen molar-refractivity contribution in [2.45, 2.75) is 43.9 Å². The topological polar surface area (TPSA) is 68.6 Å². The van der Waals surface area contributed by atoms with Crippen LogP contribution in [0.25, 0.3) is 5.82 Å². The van der Waals surface area contributed by atoms with E-state index in [1.165, 1.54) is 12.8 Å². The van der Waals surface area contributed by atoms with E-state index in [1.807, 2.05) is 24.4 Å². The first-order valence-corrected chi connectivity index (χ1v) is 10.4. The summed E-state index contributed by atoms with van der Waals surface area (Å²) in [4.78, 5) is 18.6. The molecule has 4 heterocycles. The van der Waals surface area contributed by atoms with E-state index in [1.54, 1.807) is 0 Å². The fourth-order valence-electron chi connectivity index (χ4n) is 4.43. The van der Waals surface area contributed by atoms with Gasteiger partial charge in [0.2, 0.25) is 5.91 Å². The molecule has 2 saturated heterocycles. The van der Waals surface area contributed by atoms with Crippen LogP contribution in [0.4, 0.5) is 0 Å². The monoisotopic (exact) mass is 398 g/mol. The van der Waals surface area contributed by atoms with Crippen LogP contribution in [0.5, 0.6) is 0 Å². The summed E-state index contributed by atoms with van der Waals surface area (Å²) in [5.41, 5.74) is 1.24. The zero-order valence-corrected chi connectivity index (χ0v) is 17.0. The number of piperidine rings is 1. The molecule has 156 valence electrons. The third-order valence-corrected chi connectivity index (χ3v) is 6.02. The molecule has 2 aromatic heterocycles. The molecule has 4 rings (SSSR count). The zero-order chi connectivity index (χ0) is 20.1. The van der Waals surface area contributed by atoms with E-state index in [2.05, 4.69) is 38.1 Å². The van der Waals surface area contributed by atoms with E-state index >= 15 is 0 Å². The lowest BCUT2D eigenvalue weighted by Gasteiger charge is -2.39. The standard InChI is InChI=1S/C22H30N4O3/c1-28-17-21(27)24-15-19-7-8-22(29-19)9-13-25(14-10-22)16-18-5-4-12-26(18)20-6-2-3-11-23-20/h2-6,11-12,19H,7-10,13-17H2,1H3,(H,24,27). The predicted octanol–water partition coefficient (Wildman–Crippen LogP) is 2.15. The molecule has 1 spiro atoms. The minimum atomic E-state index is -0.0808. The van der Waals surface area contributed by atoms with Gasteiger partial charge in [-0.1, -0.05) is 6.07 Å². The summed E-state index contributed by atoms with van der Waals surface area (Å²) < 4.78 is 13.4. The average molecular weight is 399 g/mol. The maximum atomic E-state index is 11.6. The summed E-state index contributed by atoms with van der Waals surface area (Å²) in [6.45, 7) is 3.64. The number of amides is 1. The maximum absolute atomic E-state index is 11.6. The highest BCUT2D eigenvalue weighted by molar-refractivity contribution is 5.77. The number of pyridine rings is 1. The fraction of sp³-hybridized carbons (Fsp3) is 0.545. The van der Waals surface area contributed by atoms with E-state index < -0.39 is 0 Å². The van der Waals surface area contributed by atoms with Gasteiger partial charge in [0.1, 0.15) is 12.4 Å². The van der Waals surface area contributed by atoms with Gasteiger partial charge in [0.15, 0.2) is 0 Å². The summed E-state index contributed by atoms with van der Waals surface area (Å²) in [6, 6.07) is 10.2. The molecule has 0 bridgehead atoms. The number of nitrogens with zero attached hydrogens (tertiary/aromatic N) is 3. The van der Waals surface area contributed by atoms with E-state index in [0.717, 1.165) is 51.1 Å².